The average Bonchev–Trinajstić information content (AvgIpc) is 3.20. The first-order valence-corrected chi connectivity index (χ1v) is 7.70. The molecule has 0 heterocycles. The van der Waals surface area contributed by atoms with Gasteiger partial charge in [-0.05, 0) is 31.0 Å². The van der Waals surface area contributed by atoms with E-state index in [1.165, 1.54) is 6.07 Å². The summed E-state index contributed by atoms with van der Waals surface area (Å²) in [4.78, 5) is 22.1. The third-order valence-electron chi connectivity index (χ3n) is 2.89. The summed E-state index contributed by atoms with van der Waals surface area (Å²) in [5.74, 6) is -1.85. The number of hydrogen-bond donors (Lipinski definition) is 4. The van der Waals surface area contributed by atoms with Crippen LogP contribution in [0.5, 0.6) is 0 Å². The van der Waals surface area contributed by atoms with Crippen LogP contribution in [0.25, 0.3) is 0 Å². The first kappa shape index (κ1) is 15.3. The molecule has 8 nitrogen and oxygen atoms in total. The van der Waals surface area contributed by atoms with Crippen molar-refractivity contribution in [3.8, 4) is 0 Å². The van der Waals surface area contributed by atoms with E-state index in [4.69, 9.17) is 10.8 Å². The molecule has 0 bridgehead atoms. The van der Waals surface area contributed by atoms with E-state index in [2.05, 4.69) is 10.0 Å². The van der Waals surface area contributed by atoms with Crippen molar-refractivity contribution in [3.63, 3.8) is 0 Å². The van der Waals surface area contributed by atoms with E-state index in [-0.39, 0.29) is 11.7 Å². The van der Waals surface area contributed by atoms with Gasteiger partial charge in [0.1, 0.15) is 0 Å². The van der Waals surface area contributed by atoms with Crippen molar-refractivity contribution in [2.75, 3.05) is 12.3 Å². The van der Waals surface area contributed by atoms with Gasteiger partial charge in [0.15, 0.2) is 0 Å². The van der Waals surface area contributed by atoms with Crippen LogP contribution < -0.4 is 15.8 Å². The second-order valence-electron chi connectivity index (χ2n) is 4.73. The highest BCUT2D eigenvalue weighted by Gasteiger charge is 2.26. The van der Waals surface area contributed by atoms with E-state index in [1.54, 1.807) is 0 Å². The number of hydrogen-bond acceptors (Lipinski definition) is 5. The molecule has 1 aliphatic carbocycles. The lowest BCUT2D eigenvalue weighted by Gasteiger charge is -2.10. The summed E-state index contributed by atoms with van der Waals surface area (Å²) in [5, 5.41) is 11.6. The number of nitrogen functional groups attached to an aromatic ring is 1. The molecule has 1 aromatic rings. The zero-order chi connectivity index (χ0) is 15.6. The number of nitrogens with two attached hydrogens (primary N) is 1. The number of amides is 1. The molecule has 0 aliphatic heterocycles. The number of anilines is 1. The number of carbonyl (C=O) groups excluding carboxylic acids is 1. The van der Waals surface area contributed by atoms with E-state index in [0.717, 1.165) is 25.0 Å². The Labute approximate surface area is 121 Å². The molecular formula is C12H15N3O5S. The molecule has 21 heavy (non-hydrogen) atoms. The number of rotatable bonds is 6. The molecule has 0 atom stereocenters. The molecule has 1 saturated carbocycles. The number of sulfonamides is 1. The van der Waals surface area contributed by atoms with Crippen molar-refractivity contribution in [1.29, 1.82) is 0 Å². The van der Waals surface area contributed by atoms with Crippen LogP contribution in [-0.4, -0.2) is 38.0 Å². The van der Waals surface area contributed by atoms with Crippen molar-refractivity contribution in [2.24, 2.45) is 0 Å². The number of benzene rings is 1. The highest BCUT2D eigenvalue weighted by atomic mass is 32.2. The number of aromatic carboxylic acids is 1. The van der Waals surface area contributed by atoms with E-state index in [1.807, 2.05) is 0 Å². The van der Waals surface area contributed by atoms with Crippen LogP contribution in [0.1, 0.15) is 23.2 Å². The molecule has 1 aliphatic rings. The third kappa shape index (κ3) is 3.92. The number of carboxylic acids is 1. The quantitative estimate of drug-likeness (QED) is 0.523. The van der Waals surface area contributed by atoms with Crippen molar-refractivity contribution in [3.05, 3.63) is 23.8 Å². The van der Waals surface area contributed by atoms with Crippen molar-refractivity contribution in [2.45, 2.75) is 23.8 Å². The lowest BCUT2D eigenvalue weighted by molar-refractivity contribution is -0.120. The number of nitrogens with one attached hydrogen (secondary N) is 2. The zero-order valence-corrected chi connectivity index (χ0v) is 11.8. The van der Waals surface area contributed by atoms with E-state index in [9.17, 15) is 18.0 Å². The molecule has 9 heteroatoms. The summed E-state index contributed by atoms with van der Waals surface area (Å²) in [6, 6.07) is 3.56. The summed E-state index contributed by atoms with van der Waals surface area (Å²) in [6.45, 7) is -0.452. The number of carbonyl (C=O) groups is 2. The Hall–Kier alpha value is -2.13. The molecule has 5 N–H and O–H groups in total. The average molecular weight is 313 g/mol. The molecule has 0 aromatic heterocycles. The molecule has 0 radical (unpaired) electrons. The highest BCUT2D eigenvalue weighted by Crippen LogP contribution is 2.20. The van der Waals surface area contributed by atoms with Crippen molar-refractivity contribution < 1.29 is 23.1 Å². The predicted octanol–water partition coefficient (Wildman–Crippen LogP) is -0.476. The minimum atomic E-state index is -4.14. The largest absolute Gasteiger partial charge is 0.478 e. The van der Waals surface area contributed by atoms with Gasteiger partial charge in [-0.2, -0.15) is 0 Å². The Kier molecular flexibility index (Phi) is 4.14. The van der Waals surface area contributed by atoms with Gasteiger partial charge in [-0.25, -0.2) is 17.9 Å². The fourth-order valence-corrected chi connectivity index (χ4v) is 2.90. The first-order valence-electron chi connectivity index (χ1n) is 6.21. The summed E-state index contributed by atoms with van der Waals surface area (Å²) in [6.07, 6.45) is 1.77. The third-order valence-corrected chi connectivity index (χ3v) is 4.33. The topological polar surface area (TPSA) is 139 Å². The maximum atomic E-state index is 12.1. The Morgan fingerprint density at radius 1 is 1.33 bits per heavy atom. The molecule has 1 amide bonds. The van der Waals surface area contributed by atoms with Crippen molar-refractivity contribution >= 4 is 27.6 Å². The molecule has 114 valence electrons. The second-order valence-corrected chi connectivity index (χ2v) is 6.46. The lowest BCUT2D eigenvalue weighted by Crippen LogP contribution is -2.38. The summed E-state index contributed by atoms with van der Waals surface area (Å²) in [7, 11) is -4.14. The van der Waals surface area contributed by atoms with Gasteiger partial charge < -0.3 is 16.2 Å². The van der Waals surface area contributed by atoms with E-state index in [0.29, 0.717) is 0 Å². The number of carboxylic acid groups (broad SMARTS) is 1. The van der Waals surface area contributed by atoms with Gasteiger partial charge in [-0.3, -0.25) is 4.79 Å². The molecule has 2 rings (SSSR count). The summed E-state index contributed by atoms with van der Waals surface area (Å²) >= 11 is 0. The maximum absolute atomic E-state index is 12.1. The molecule has 1 aromatic carbocycles. The van der Waals surface area contributed by atoms with Crippen LogP contribution in [0.4, 0.5) is 5.69 Å². The fourth-order valence-electron chi connectivity index (χ4n) is 1.68. The normalized spacial score (nSPS) is 14.7. The van der Waals surface area contributed by atoms with Gasteiger partial charge in [0, 0.05) is 11.7 Å². The smallest absolute Gasteiger partial charge is 0.337 e. The van der Waals surface area contributed by atoms with Gasteiger partial charge in [0.2, 0.25) is 15.9 Å². The molecule has 1 fully saturated rings. The van der Waals surface area contributed by atoms with Crippen molar-refractivity contribution in [1.82, 2.24) is 10.0 Å². The maximum Gasteiger partial charge on any atom is 0.337 e. The van der Waals surface area contributed by atoms with Crippen LogP contribution >= 0.6 is 0 Å². The Morgan fingerprint density at radius 3 is 2.57 bits per heavy atom. The predicted molar refractivity (Wildman–Crippen MR) is 74.2 cm³/mol. The van der Waals surface area contributed by atoms with Gasteiger partial charge >= 0.3 is 5.97 Å². The monoisotopic (exact) mass is 313 g/mol. The van der Waals surface area contributed by atoms with Crippen LogP contribution in [0.3, 0.4) is 0 Å². The minimum Gasteiger partial charge on any atom is -0.478 e. The Morgan fingerprint density at radius 2 is 2.00 bits per heavy atom. The fraction of sp³-hybridized carbons (Fsp3) is 0.333. The van der Waals surface area contributed by atoms with Crippen LogP contribution in [0, 0.1) is 0 Å². The van der Waals surface area contributed by atoms with Gasteiger partial charge in [0.05, 0.1) is 17.0 Å². The minimum absolute atomic E-state index is 0.114. The lowest BCUT2D eigenvalue weighted by atomic mass is 10.2. The highest BCUT2D eigenvalue weighted by molar-refractivity contribution is 7.89. The molecule has 0 unspecified atom stereocenters. The van der Waals surface area contributed by atoms with Crippen LogP contribution in [0.15, 0.2) is 23.1 Å². The standard InChI is InChI=1S/C12H15N3O5S/c13-7-1-4-9(12(17)18)10(5-7)21(19,20)14-6-11(16)15-8-2-3-8/h1,4-5,8,14H,2-3,6,13H2,(H,15,16)(H,17,18). The molecular weight excluding hydrogens is 298 g/mol. The van der Waals surface area contributed by atoms with Gasteiger partial charge in [-0.1, -0.05) is 0 Å². The second kappa shape index (κ2) is 5.70. The first-order chi connectivity index (χ1) is 9.79. The van der Waals surface area contributed by atoms with Crippen LogP contribution in [-0.2, 0) is 14.8 Å². The zero-order valence-electron chi connectivity index (χ0n) is 11.0. The SMILES string of the molecule is Nc1ccc(C(=O)O)c(S(=O)(=O)NCC(=O)NC2CC2)c1. The van der Waals surface area contributed by atoms with E-state index >= 15 is 0 Å². The molecule has 0 saturated heterocycles. The molecule has 0 spiro atoms. The van der Waals surface area contributed by atoms with E-state index < -0.39 is 38.9 Å². The summed E-state index contributed by atoms with van der Waals surface area (Å²) < 4.78 is 26.3. The Bertz CT molecular complexity index is 682. The van der Waals surface area contributed by atoms with Crippen LogP contribution in [0.2, 0.25) is 0 Å². The summed E-state index contributed by atoms with van der Waals surface area (Å²) in [5.41, 5.74) is 5.20. The van der Waals surface area contributed by atoms with Gasteiger partial charge in [0.25, 0.3) is 0 Å². The van der Waals surface area contributed by atoms with Gasteiger partial charge in [-0.15, -0.1) is 0 Å². The Balaban J connectivity index is 2.16.